The highest BCUT2D eigenvalue weighted by Gasteiger charge is 2.14. The molecule has 0 aliphatic rings. The van der Waals surface area contributed by atoms with E-state index in [1.54, 1.807) is 10.7 Å². The number of nitro benzene ring substituents is 1. The second kappa shape index (κ2) is 6.02. The summed E-state index contributed by atoms with van der Waals surface area (Å²) in [6, 6.07) is 4.64. The molecule has 2 aromatic rings. The van der Waals surface area contributed by atoms with Gasteiger partial charge < -0.3 is 5.32 Å². The largest absolute Gasteiger partial charge is 0.313 e. The number of halogens is 1. The number of hydrogen-bond donors (Lipinski definition) is 1. The van der Waals surface area contributed by atoms with Crippen LogP contribution in [0.3, 0.4) is 0 Å². The molecule has 7 heteroatoms. The Balaban J connectivity index is 2.36. The third-order valence-corrected chi connectivity index (χ3v) is 3.28. The second-order valence-electron chi connectivity index (χ2n) is 4.36. The Bertz CT molecular complexity index is 639. The highest BCUT2D eigenvalue weighted by Crippen LogP contribution is 2.26. The molecular weight excluding hydrogens is 280 g/mol. The molecule has 1 heterocycles. The van der Waals surface area contributed by atoms with Gasteiger partial charge in [-0.05, 0) is 25.6 Å². The Labute approximate surface area is 121 Å². The van der Waals surface area contributed by atoms with Crippen molar-refractivity contribution in [2.45, 2.75) is 20.4 Å². The lowest BCUT2D eigenvalue weighted by molar-refractivity contribution is -0.384. The molecule has 0 aliphatic heterocycles. The highest BCUT2D eigenvalue weighted by molar-refractivity contribution is 6.32. The zero-order chi connectivity index (χ0) is 14.7. The van der Waals surface area contributed by atoms with Crippen LogP contribution in [0.2, 0.25) is 5.02 Å². The number of rotatable bonds is 5. The number of nitrogens with zero attached hydrogens (tertiary/aromatic N) is 3. The Morgan fingerprint density at radius 1 is 1.50 bits per heavy atom. The first-order chi connectivity index (χ1) is 9.52. The van der Waals surface area contributed by atoms with Gasteiger partial charge in [-0.25, -0.2) is 4.68 Å². The van der Waals surface area contributed by atoms with Crippen molar-refractivity contribution in [3.05, 3.63) is 50.8 Å². The Hall–Kier alpha value is -1.92. The van der Waals surface area contributed by atoms with E-state index in [1.165, 1.54) is 12.1 Å². The molecule has 0 atom stereocenters. The lowest BCUT2D eigenvalue weighted by Crippen LogP contribution is -2.11. The van der Waals surface area contributed by atoms with Crippen molar-refractivity contribution in [2.24, 2.45) is 0 Å². The molecule has 0 fully saturated rings. The minimum absolute atomic E-state index is 0.120. The maximum Gasteiger partial charge on any atom is 0.290 e. The van der Waals surface area contributed by atoms with Crippen molar-refractivity contribution in [3.8, 4) is 5.69 Å². The van der Waals surface area contributed by atoms with Gasteiger partial charge in [0, 0.05) is 24.4 Å². The van der Waals surface area contributed by atoms with E-state index < -0.39 is 4.92 Å². The first-order valence-electron chi connectivity index (χ1n) is 6.23. The maximum absolute atomic E-state index is 10.9. The molecule has 0 radical (unpaired) electrons. The predicted molar refractivity (Wildman–Crippen MR) is 77.3 cm³/mol. The monoisotopic (exact) mass is 294 g/mol. The first-order valence-corrected chi connectivity index (χ1v) is 6.61. The van der Waals surface area contributed by atoms with Crippen molar-refractivity contribution in [2.75, 3.05) is 6.54 Å². The summed E-state index contributed by atoms with van der Waals surface area (Å²) in [5.41, 5.74) is 2.45. The average Bonchev–Trinajstić information content (AvgIpc) is 2.78. The van der Waals surface area contributed by atoms with Gasteiger partial charge in [0.25, 0.3) is 5.69 Å². The van der Waals surface area contributed by atoms with E-state index in [0.717, 1.165) is 24.3 Å². The van der Waals surface area contributed by atoms with Crippen LogP contribution in [-0.2, 0) is 6.54 Å². The van der Waals surface area contributed by atoms with Gasteiger partial charge in [0.1, 0.15) is 5.02 Å². The van der Waals surface area contributed by atoms with E-state index in [4.69, 9.17) is 11.6 Å². The number of aromatic nitrogens is 2. The van der Waals surface area contributed by atoms with Crippen LogP contribution in [0.15, 0.2) is 24.4 Å². The van der Waals surface area contributed by atoms with Gasteiger partial charge in [0.15, 0.2) is 0 Å². The zero-order valence-electron chi connectivity index (χ0n) is 11.3. The summed E-state index contributed by atoms with van der Waals surface area (Å²) in [4.78, 5) is 10.4. The maximum atomic E-state index is 10.9. The fourth-order valence-corrected chi connectivity index (χ4v) is 2.03. The van der Waals surface area contributed by atoms with Gasteiger partial charge in [-0.15, -0.1) is 0 Å². The van der Waals surface area contributed by atoms with Crippen molar-refractivity contribution < 1.29 is 4.92 Å². The van der Waals surface area contributed by atoms with E-state index in [0.29, 0.717) is 5.69 Å². The summed E-state index contributed by atoms with van der Waals surface area (Å²) in [6.07, 6.45) is 1.87. The average molecular weight is 295 g/mol. The lowest BCUT2D eigenvalue weighted by atomic mass is 10.2. The normalized spacial score (nSPS) is 10.8. The summed E-state index contributed by atoms with van der Waals surface area (Å²) < 4.78 is 1.63. The molecular formula is C13H15ClN4O2. The van der Waals surface area contributed by atoms with Crippen molar-refractivity contribution in [3.63, 3.8) is 0 Å². The van der Waals surface area contributed by atoms with E-state index in [1.807, 2.05) is 20.0 Å². The van der Waals surface area contributed by atoms with Crippen molar-refractivity contribution >= 4 is 17.3 Å². The van der Waals surface area contributed by atoms with Crippen LogP contribution in [0.4, 0.5) is 5.69 Å². The molecule has 0 saturated carbocycles. The molecule has 0 spiro atoms. The van der Waals surface area contributed by atoms with Crippen molar-refractivity contribution in [1.29, 1.82) is 0 Å². The van der Waals surface area contributed by atoms with Gasteiger partial charge in [0.05, 0.1) is 16.3 Å². The van der Waals surface area contributed by atoms with Crippen molar-refractivity contribution in [1.82, 2.24) is 15.1 Å². The highest BCUT2D eigenvalue weighted by atomic mass is 35.5. The molecule has 20 heavy (non-hydrogen) atoms. The minimum Gasteiger partial charge on any atom is -0.313 e. The molecule has 0 unspecified atom stereocenters. The van der Waals surface area contributed by atoms with Crippen LogP contribution in [-0.4, -0.2) is 21.2 Å². The summed E-state index contributed by atoms with van der Waals surface area (Å²) in [6.45, 7) is 5.53. The van der Waals surface area contributed by atoms with Crippen LogP contribution < -0.4 is 5.32 Å². The van der Waals surface area contributed by atoms with E-state index in [2.05, 4.69) is 10.4 Å². The quantitative estimate of drug-likeness (QED) is 0.680. The standard InChI is InChI=1S/C13H15ClN4O2/c1-3-15-7-10-8-17(16-9(10)2)11-4-5-12(14)13(6-11)18(19)20/h4-6,8,15H,3,7H2,1-2H3. The molecule has 106 valence electrons. The van der Waals surface area contributed by atoms with Gasteiger partial charge in [0.2, 0.25) is 0 Å². The molecule has 1 aromatic heterocycles. The number of nitrogens with one attached hydrogen (secondary N) is 1. The van der Waals surface area contributed by atoms with Crippen LogP contribution in [0.1, 0.15) is 18.2 Å². The summed E-state index contributed by atoms with van der Waals surface area (Å²) in [5, 5.41) is 18.6. The molecule has 1 aromatic carbocycles. The fourth-order valence-electron chi connectivity index (χ4n) is 1.84. The van der Waals surface area contributed by atoms with Gasteiger partial charge in [-0.2, -0.15) is 5.10 Å². The number of nitro groups is 1. The lowest BCUT2D eigenvalue weighted by Gasteiger charge is -2.02. The third-order valence-electron chi connectivity index (χ3n) is 2.96. The van der Waals surface area contributed by atoms with Crippen LogP contribution in [0.25, 0.3) is 5.69 Å². The van der Waals surface area contributed by atoms with E-state index in [-0.39, 0.29) is 10.7 Å². The summed E-state index contributed by atoms with van der Waals surface area (Å²) in [5.74, 6) is 0. The van der Waals surface area contributed by atoms with Crippen LogP contribution in [0, 0.1) is 17.0 Å². The zero-order valence-corrected chi connectivity index (χ0v) is 12.0. The first kappa shape index (κ1) is 14.5. The molecule has 2 rings (SSSR count). The molecule has 0 aliphatic carbocycles. The second-order valence-corrected chi connectivity index (χ2v) is 4.76. The van der Waals surface area contributed by atoms with E-state index in [9.17, 15) is 10.1 Å². The third kappa shape index (κ3) is 2.97. The van der Waals surface area contributed by atoms with Gasteiger partial charge >= 0.3 is 0 Å². The molecule has 0 bridgehead atoms. The molecule has 1 N–H and O–H groups in total. The van der Waals surface area contributed by atoms with Gasteiger partial charge in [-0.1, -0.05) is 18.5 Å². The fraction of sp³-hybridized carbons (Fsp3) is 0.308. The Morgan fingerprint density at radius 3 is 2.90 bits per heavy atom. The Kier molecular flexibility index (Phi) is 4.36. The molecule has 0 saturated heterocycles. The number of aryl methyl sites for hydroxylation is 1. The number of hydrogen-bond acceptors (Lipinski definition) is 4. The predicted octanol–water partition coefficient (Wildman–Crippen LogP) is 2.85. The number of benzene rings is 1. The smallest absolute Gasteiger partial charge is 0.290 e. The SMILES string of the molecule is CCNCc1cn(-c2ccc(Cl)c([N+](=O)[O-])c2)nc1C. The summed E-state index contributed by atoms with van der Waals surface area (Å²) in [7, 11) is 0. The summed E-state index contributed by atoms with van der Waals surface area (Å²) >= 11 is 5.80. The topological polar surface area (TPSA) is 73.0 Å². The minimum atomic E-state index is -0.498. The molecule has 0 amide bonds. The van der Waals surface area contributed by atoms with E-state index >= 15 is 0 Å². The Morgan fingerprint density at radius 2 is 2.25 bits per heavy atom. The molecule has 6 nitrogen and oxygen atoms in total. The van der Waals surface area contributed by atoms with Crippen LogP contribution >= 0.6 is 11.6 Å². The van der Waals surface area contributed by atoms with Crippen LogP contribution in [0.5, 0.6) is 0 Å². The van der Waals surface area contributed by atoms with Gasteiger partial charge in [-0.3, -0.25) is 10.1 Å².